The Morgan fingerprint density at radius 1 is 0.621 bits per heavy atom. The summed E-state index contributed by atoms with van der Waals surface area (Å²) in [6.07, 6.45) is 3.88. The standard InChI is InChI=1S/C22H18N6.HI/c1-28-14-12-18(13-15-28)25-27-22-11-10-21(19-4-2-3-5-20(19)22)26-24-17-8-6-16(23)7-9-17;/h2-15,23H,1H3;1H. The number of rotatable bonds is 4. The van der Waals surface area contributed by atoms with Crippen molar-refractivity contribution in [2.45, 2.75) is 0 Å². The second-order valence-corrected chi connectivity index (χ2v) is 6.36. The molecule has 29 heavy (non-hydrogen) atoms. The third-order valence-corrected chi connectivity index (χ3v) is 4.28. The quantitative estimate of drug-likeness (QED) is 0.201. The third kappa shape index (κ3) is 5.00. The lowest BCUT2D eigenvalue weighted by Gasteiger charge is -2.04. The second-order valence-electron chi connectivity index (χ2n) is 6.36. The minimum atomic E-state index is 0. The lowest BCUT2D eigenvalue weighted by molar-refractivity contribution is -0.671. The number of aromatic nitrogens is 1. The molecule has 0 unspecified atom stereocenters. The van der Waals surface area contributed by atoms with Crippen LogP contribution < -0.4 is 34.3 Å². The molecular weight excluding hydrogens is 475 g/mol. The monoisotopic (exact) mass is 494 g/mol. The van der Waals surface area contributed by atoms with Crippen molar-refractivity contribution in [1.29, 1.82) is 0 Å². The van der Waals surface area contributed by atoms with Gasteiger partial charge in [0.1, 0.15) is 7.05 Å². The van der Waals surface area contributed by atoms with Gasteiger partial charge in [0.15, 0.2) is 12.4 Å². The molecule has 0 aliphatic rings. The van der Waals surface area contributed by atoms with Gasteiger partial charge >= 0.3 is 0 Å². The number of hydrogen-bond acceptors (Lipinski definition) is 5. The largest absolute Gasteiger partial charge is 1.00 e. The molecule has 0 fully saturated rings. The Bertz CT molecular complexity index is 1070. The molecule has 0 saturated carbocycles. The summed E-state index contributed by atoms with van der Waals surface area (Å²) in [6.45, 7) is 0. The van der Waals surface area contributed by atoms with Gasteiger partial charge in [0.05, 0.1) is 22.7 Å². The van der Waals surface area contributed by atoms with E-state index in [-0.39, 0.29) is 24.0 Å². The third-order valence-electron chi connectivity index (χ3n) is 4.28. The molecule has 1 aromatic heterocycles. The van der Waals surface area contributed by atoms with Gasteiger partial charge in [0.25, 0.3) is 0 Å². The highest BCUT2D eigenvalue weighted by Crippen LogP contribution is 2.35. The van der Waals surface area contributed by atoms with Crippen molar-refractivity contribution in [3.05, 3.63) is 85.2 Å². The van der Waals surface area contributed by atoms with Crippen LogP contribution in [0.25, 0.3) is 10.8 Å². The van der Waals surface area contributed by atoms with Gasteiger partial charge in [0.2, 0.25) is 0 Å². The maximum absolute atomic E-state index is 5.71. The fourth-order valence-electron chi connectivity index (χ4n) is 2.77. The minimum Gasteiger partial charge on any atom is -1.00 e. The van der Waals surface area contributed by atoms with Crippen LogP contribution in [-0.2, 0) is 7.05 Å². The zero-order valence-corrected chi connectivity index (χ0v) is 17.9. The van der Waals surface area contributed by atoms with Crippen molar-refractivity contribution in [2.24, 2.45) is 27.5 Å². The predicted octanol–water partition coefficient (Wildman–Crippen LogP) is 3.08. The Balaban J connectivity index is 0.00000240. The summed E-state index contributed by atoms with van der Waals surface area (Å²) in [4.78, 5) is 0. The fraction of sp³-hybridized carbons (Fsp3) is 0.0455. The van der Waals surface area contributed by atoms with Crippen LogP contribution in [0.5, 0.6) is 0 Å². The molecular formula is C22H19IN6. The van der Waals surface area contributed by atoms with Crippen molar-refractivity contribution in [1.82, 2.24) is 0 Å². The number of pyridine rings is 1. The van der Waals surface area contributed by atoms with Crippen LogP contribution in [0.4, 0.5) is 28.4 Å². The van der Waals surface area contributed by atoms with Gasteiger partial charge in [-0.3, -0.25) is 0 Å². The summed E-state index contributed by atoms with van der Waals surface area (Å²) >= 11 is 0. The number of nitrogens with two attached hydrogens (primary N) is 1. The first kappa shape index (κ1) is 20.5. The number of halogens is 1. The van der Waals surface area contributed by atoms with E-state index in [9.17, 15) is 0 Å². The normalized spacial score (nSPS) is 11.2. The Morgan fingerprint density at radius 2 is 1.10 bits per heavy atom. The van der Waals surface area contributed by atoms with E-state index in [1.807, 2.05) is 84.7 Å². The zero-order valence-electron chi connectivity index (χ0n) is 15.8. The van der Waals surface area contributed by atoms with E-state index in [4.69, 9.17) is 5.73 Å². The molecule has 0 aliphatic carbocycles. The molecule has 144 valence electrons. The van der Waals surface area contributed by atoms with E-state index in [1.165, 1.54) is 0 Å². The van der Waals surface area contributed by atoms with Crippen molar-refractivity contribution in [3.8, 4) is 0 Å². The first-order valence-electron chi connectivity index (χ1n) is 8.85. The van der Waals surface area contributed by atoms with Crippen LogP contribution in [0.1, 0.15) is 0 Å². The molecule has 0 bridgehead atoms. The lowest BCUT2D eigenvalue weighted by Crippen LogP contribution is -3.00. The summed E-state index contributed by atoms with van der Waals surface area (Å²) in [6, 6.07) is 22.9. The van der Waals surface area contributed by atoms with Crippen LogP contribution in [-0.4, -0.2) is 0 Å². The minimum absolute atomic E-state index is 0. The number of nitrogens with zero attached hydrogens (tertiary/aromatic N) is 5. The van der Waals surface area contributed by atoms with Crippen molar-refractivity contribution >= 4 is 39.2 Å². The first-order chi connectivity index (χ1) is 13.7. The number of aryl methyl sites for hydroxylation is 1. The SMILES string of the molecule is C[n+]1ccc(N=Nc2ccc(N=Nc3ccc(N)cc3)c3ccccc23)cc1.[I-]. The predicted molar refractivity (Wildman–Crippen MR) is 111 cm³/mol. The van der Waals surface area contributed by atoms with Crippen LogP contribution in [0.2, 0.25) is 0 Å². The van der Waals surface area contributed by atoms with Crippen molar-refractivity contribution < 1.29 is 28.5 Å². The number of benzene rings is 3. The molecule has 4 aromatic rings. The summed E-state index contributed by atoms with van der Waals surface area (Å²) in [7, 11) is 1.96. The zero-order chi connectivity index (χ0) is 19.3. The number of azo groups is 2. The molecule has 0 atom stereocenters. The van der Waals surface area contributed by atoms with Crippen LogP contribution in [0, 0.1) is 0 Å². The summed E-state index contributed by atoms with van der Waals surface area (Å²) in [5.41, 5.74) is 9.52. The van der Waals surface area contributed by atoms with Crippen LogP contribution >= 0.6 is 0 Å². The lowest BCUT2D eigenvalue weighted by atomic mass is 10.1. The van der Waals surface area contributed by atoms with E-state index >= 15 is 0 Å². The Kier molecular flexibility index (Phi) is 6.61. The molecule has 4 rings (SSSR count). The van der Waals surface area contributed by atoms with Gasteiger partial charge in [-0.25, -0.2) is 4.57 Å². The molecule has 7 heteroatoms. The molecule has 0 spiro atoms. The average molecular weight is 494 g/mol. The van der Waals surface area contributed by atoms with E-state index in [0.29, 0.717) is 5.69 Å². The van der Waals surface area contributed by atoms with Crippen LogP contribution in [0.15, 0.2) is 106 Å². The van der Waals surface area contributed by atoms with Gasteiger partial charge in [-0.05, 0) is 36.4 Å². The fourth-order valence-corrected chi connectivity index (χ4v) is 2.77. The van der Waals surface area contributed by atoms with Gasteiger partial charge in [-0.15, -0.1) is 10.2 Å². The van der Waals surface area contributed by atoms with Gasteiger partial charge in [-0.2, -0.15) is 10.2 Å². The Labute approximate surface area is 185 Å². The van der Waals surface area contributed by atoms with Gasteiger partial charge in [0, 0.05) is 28.6 Å². The maximum Gasteiger partial charge on any atom is 0.170 e. The van der Waals surface area contributed by atoms with Crippen LogP contribution in [0.3, 0.4) is 0 Å². The van der Waals surface area contributed by atoms with E-state index in [2.05, 4.69) is 20.5 Å². The van der Waals surface area contributed by atoms with Gasteiger partial charge in [-0.1, -0.05) is 24.3 Å². The van der Waals surface area contributed by atoms with Crippen molar-refractivity contribution in [2.75, 3.05) is 5.73 Å². The Hall–Kier alpha value is -3.20. The number of hydrogen-bond donors (Lipinski definition) is 1. The molecule has 6 nitrogen and oxygen atoms in total. The molecule has 2 N–H and O–H groups in total. The highest BCUT2D eigenvalue weighted by Gasteiger charge is 2.05. The van der Waals surface area contributed by atoms with E-state index in [1.54, 1.807) is 12.1 Å². The second kappa shape index (κ2) is 9.33. The molecule has 0 aliphatic heterocycles. The van der Waals surface area contributed by atoms with Gasteiger partial charge < -0.3 is 29.7 Å². The highest BCUT2D eigenvalue weighted by atomic mass is 127. The topological polar surface area (TPSA) is 79.3 Å². The Morgan fingerprint density at radius 3 is 1.62 bits per heavy atom. The highest BCUT2D eigenvalue weighted by molar-refractivity contribution is 5.99. The summed E-state index contributed by atoms with van der Waals surface area (Å²) in [5.74, 6) is 0. The van der Waals surface area contributed by atoms with E-state index in [0.717, 1.165) is 33.5 Å². The molecule has 3 aromatic carbocycles. The first-order valence-corrected chi connectivity index (χ1v) is 8.85. The molecule has 0 saturated heterocycles. The smallest absolute Gasteiger partial charge is 0.170 e. The van der Waals surface area contributed by atoms with Crippen molar-refractivity contribution in [3.63, 3.8) is 0 Å². The molecule has 0 amide bonds. The summed E-state index contributed by atoms with van der Waals surface area (Å²) in [5, 5.41) is 19.4. The summed E-state index contributed by atoms with van der Waals surface area (Å²) < 4.78 is 1.95. The van der Waals surface area contributed by atoms with E-state index < -0.39 is 0 Å². The average Bonchev–Trinajstić information content (AvgIpc) is 2.73. The molecule has 0 radical (unpaired) electrons. The molecule has 1 heterocycles. The number of nitrogen functional groups attached to an aromatic ring is 1. The number of fused-ring (bicyclic) bond motifs is 1. The maximum atomic E-state index is 5.71. The number of anilines is 1.